The fourth-order valence-corrected chi connectivity index (χ4v) is 3.26. The molecule has 31 heavy (non-hydrogen) atoms. The minimum absolute atomic E-state index is 0. The van der Waals surface area contributed by atoms with Crippen LogP contribution in [0.2, 0.25) is 0 Å². The maximum absolute atomic E-state index is 13.7. The number of halogens is 4. The van der Waals surface area contributed by atoms with E-state index in [1.54, 1.807) is 19.3 Å². The van der Waals surface area contributed by atoms with Crippen molar-refractivity contribution in [1.29, 1.82) is 0 Å². The minimum atomic E-state index is -4.44. The van der Waals surface area contributed by atoms with E-state index in [9.17, 15) is 13.2 Å². The van der Waals surface area contributed by atoms with Crippen LogP contribution in [0.3, 0.4) is 0 Å². The Bertz CT molecular complexity index is 843. The molecule has 0 spiro atoms. The first-order chi connectivity index (χ1) is 14.5. The molecule has 1 aromatic heterocycles. The lowest BCUT2D eigenvalue weighted by Crippen LogP contribution is -2.38. The molecule has 2 aromatic rings. The smallest absolute Gasteiger partial charge is 0.378 e. The zero-order chi connectivity index (χ0) is 21.4. The second kappa shape index (κ2) is 12.1. The van der Waals surface area contributed by atoms with Crippen molar-refractivity contribution in [3.8, 4) is 0 Å². The molecule has 0 amide bonds. The molecule has 2 N–H and O–H groups in total. The second-order valence-corrected chi connectivity index (χ2v) is 6.86. The van der Waals surface area contributed by atoms with Gasteiger partial charge < -0.3 is 20.3 Å². The highest BCUT2D eigenvalue weighted by atomic mass is 127. The number of alkyl halides is 3. The van der Waals surface area contributed by atoms with Crippen LogP contribution in [0.25, 0.3) is 0 Å². The summed E-state index contributed by atoms with van der Waals surface area (Å²) in [5.74, 6) is 0.441. The summed E-state index contributed by atoms with van der Waals surface area (Å²) < 4.78 is 46.3. The van der Waals surface area contributed by atoms with E-state index >= 15 is 0 Å². The van der Waals surface area contributed by atoms with Gasteiger partial charge in [-0.15, -0.1) is 24.0 Å². The van der Waals surface area contributed by atoms with E-state index in [1.165, 1.54) is 12.1 Å². The standard InChI is InChI=1S/C21H26F3N5O.HI/c1-25-20(27-9-7-17-4-2-3-8-26-17)28-15-16-5-6-18(14-19(16)21(22,23)24)29-10-12-30-13-11-29;/h2-6,8,14H,7,9-13,15H2,1H3,(H2,25,27,28);1H. The van der Waals surface area contributed by atoms with Gasteiger partial charge in [0.25, 0.3) is 0 Å². The van der Waals surface area contributed by atoms with Gasteiger partial charge in [-0.1, -0.05) is 12.1 Å². The quantitative estimate of drug-likeness (QED) is 0.329. The monoisotopic (exact) mass is 549 g/mol. The van der Waals surface area contributed by atoms with Gasteiger partial charge in [-0.25, -0.2) is 0 Å². The Morgan fingerprint density at radius 3 is 2.58 bits per heavy atom. The maximum Gasteiger partial charge on any atom is 0.416 e. The van der Waals surface area contributed by atoms with Crippen LogP contribution in [0.15, 0.2) is 47.6 Å². The van der Waals surface area contributed by atoms with Gasteiger partial charge in [-0.05, 0) is 29.8 Å². The number of morpholine rings is 1. The lowest BCUT2D eigenvalue weighted by molar-refractivity contribution is -0.138. The van der Waals surface area contributed by atoms with Crippen molar-refractivity contribution in [3.63, 3.8) is 0 Å². The Balaban J connectivity index is 0.00000341. The van der Waals surface area contributed by atoms with Crippen LogP contribution in [0.5, 0.6) is 0 Å². The number of aliphatic imine (C=N–C) groups is 1. The third-order valence-corrected chi connectivity index (χ3v) is 4.84. The highest BCUT2D eigenvalue weighted by Gasteiger charge is 2.34. The van der Waals surface area contributed by atoms with Crippen LogP contribution in [0.4, 0.5) is 18.9 Å². The molecule has 1 fully saturated rings. The summed E-state index contributed by atoms with van der Waals surface area (Å²) in [5, 5.41) is 6.07. The third kappa shape index (κ3) is 7.53. The lowest BCUT2D eigenvalue weighted by atomic mass is 10.0. The van der Waals surface area contributed by atoms with Crippen molar-refractivity contribution in [1.82, 2.24) is 15.6 Å². The Morgan fingerprint density at radius 2 is 1.94 bits per heavy atom. The molecule has 1 aliphatic rings. The van der Waals surface area contributed by atoms with Gasteiger partial charge in [0, 0.05) is 57.2 Å². The molecule has 0 radical (unpaired) electrons. The predicted molar refractivity (Wildman–Crippen MR) is 126 cm³/mol. The number of benzene rings is 1. The van der Waals surface area contributed by atoms with E-state index in [4.69, 9.17) is 4.74 Å². The van der Waals surface area contributed by atoms with Gasteiger partial charge in [0.05, 0.1) is 18.8 Å². The summed E-state index contributed by atoms with van der Waals surface area (Å²) in [6.45, 7) is 2.79. The molecule has 0 aliphatic carbocycles. The fraction of sp³-hybridized carbons (Fsp3) is 0.429. The van der Waals surface area contributed by atoms with Crippen molar-refractivity contribution in [2.24, 2.45) is 4.99 Å². The molecule has 0 bridgehead atoms. The minimum Gasteiger partial charge on any atom is -0.378 e. The molecule has 3 rings (SSSR count). The average Bonchev–Trinajstić information content (AvgIpc) is 2.76. The first-order valence-corrected chi connectivity index (χ1v) is 9.84. The summed E-state index contributed by atoms with van der Waals surface area (Å²) in [4.78, 5) is 10.2. The SMILES string of the molecule is CN=C(NCCc1ccccn1)NCc1ccc(N2CCOCC2)cc1C(F)(F)F.I. The predicted octanol–water partition coefficient (Wildman–Crippen LogP) is 3.46. The second-order valence-electron chi connectivity index (χ2n) is 6.86. The molecule has 1 aromatic carbocycles. The van der Waals surface area contributed by atoms with Crippen LogP contribution in [0, 0.1) is 0 Å². The number of hydrogen-bond acceptors (Lipinski definition) is 4. The topological polar surface area (TPSA) is 61.8 Å². The zero-order valence-corrected chi connectivity index (χ0v) is 19.6. The molecule has 1 saturated heterocycles. The molecule has 2 heterocycles. The average molecular weight is 549 g/mol. The summed E-state index contributed by atoms with van der Waals surface area (Å²) >= 11 is 0. The van der Waals surface area contributed by atoms with E-state index in [2.05, 4.69) is 20.6 Å². The largest absolute Gasteiger partial charge is 0.416 e. The molecular formula is C21H27F3IN5O. The zero-order valence-electron chi connectivity index (χ0n) is 17.3. The summed E-state index contributed by atoms with van der Waals surface area (Å²) in [7, 11) is 1.59. The first-order valence-electron chi connectivity index (χ1n) is 9.84. The number of aromatic nitrogens is 1. The number of guanidine groups is 1. The van der Waals surface area contributed by atoms with Gasteiger partial charge in [0.1, 0.15) is 0 Å². The number of pyridine rings is 1. The third-order valence-electron chi connectivity index (χ3n) is 4.84. The van der Waals surface area contributed by atoms with Crippen LogP contribution in [-0.4, -0.2) is 50.8 Å². The van der Waals surface area contributed by atoms with E-state index < -0.39 is 11.7 Å². The number of nitrogens with one attached hydrogen (secondary N) is 2. The highest BCUT2D eigenvalue weighted by molar-refractivity contribution is 14.0. The molecular weight excluding hydrogens is 522 g/mol. The van der Waals surface area contributed by atoms with Crippen molar-refractivity contribution in [2.75, 3.05) is 44.8 Å². The van der Waals surface area contributed by atoms with E-state index in [1.807, 2.05) is 23.1 Å². The normalized spacial score (nSPS) is 14.7. The molecule has 0 atom stereocenters. The lowest BCUT2D eigenvalue weighted by Gasteiger charge is -2.29. The highest BCUT2D eigenvalue weighted by Crippen LogP contribution is 2.35. The first kappa shape index (κ1) is 25.2. The molecule has 0 unspecified atom stereocenters. The molecule has 6 nitrogen and oxygen atoms in total. The Labute approximate surface area is 197 Å². The number of anilines is 1. The van der Waals surface area contributed by atoms with E-state index in [0.717, 1.165) is 5.69 Å². The van der Waals surface area contributed by atoms with Gasteiger partial charge in [0.15, 0.2) is 5.96 Å². The van der Waals surface area contributed by atoms with Crippen LogP contribution >= 0.6 is 24.0 Å². The number of rotatable bonds is 6. The summed E-state index contributed by atoms with van der Waals surface area (Å²) in [6, 6.07) is 10.2. The Morgan fingerprint density at radius 1 is 1.16 bits per heavy atom. The van der Waals surface area contributed by atoms with E-state index in [-0.39, 0.29) is 36.1 Å². The number of ether oxygens (including phenoxy) is 1. The van der Waals surface area contributed by atoms with E-state index in [0.29, 0.717) is 50.9 Å². The number of hydrogen-bond donors (Lipinski definition) is 2. The summed E-state index contributed by atoms with van der Waals surface area (Å²) in [5.41, 5.74) is 1.03. The fourth-order valence-electron chi connectivity index (χ4n) is 3.26. The van der Waals surface area contributed by atoms with Crippen molar-refractivity contribution in [3.05, 3.63) is 59.4 Å². The van der Waals surface area contributed by atoms with Crippen LogP contribution in [0.1, 0.15) is 16.8 Å². The van der Waals surface area contributed by atoms with Crippen LogP contribution < -0.4 is 15.5 Å². The van der Waals surface area contributed by atoms with Crippen LogP contribution in [-0.2, 0) is 23.9 Å². The van der Waals surface area contributed by atoms with Crippen molar-refractivity contribution in [2.45, 2.75) is 19.1 Å². The van der Waals surface area contributed by atoms with Gasteiger partial charge in [0.2, 0.25) is 0 Å². The number of nitrogens with zero attached hydrogens (tertiary/aromatic N) is 3. The Kier molecular flexibility index (Phi) is 9.82. The van der Waals surface area contributed by atoms with Crippen molar-refractivity contribution < 1.29 is 17.9 Å². The van der Waals surface area contributed by atoms with Gasteiger partial charge in [-0.2, -0.15) is 13.2 Å². The molecule has 10 heteroatoms. The molecule has 170 valence electrons. The maximum atomic E-state index is 13.7. The summed E-state index contributed by atoms with van der Waals surface area (Å²) in [6.07, 6.45) is -2.03. The molecule has 1 aliphatic heterocycles. The van der Waals surface area contributed by atoms with Crippen molar-refractivity contribution >= 4 is 35.6 Å². The molecule has 0 saturated carbocycles. The Hall–Kier alpha value is -2.08. The van der Waals surface area contributed by atoms with Gasteiger partial charge in [-0.3, -0.25) is 9.98 Å². The van der Waals surface area contributed by atoms with Gasteiger partial charge >= 0.3 is 6.18 Å².